The van der Waals surface area contributed by atoms with Gasteiger partial charge in [-0.15, -0.1) is 60.7 Å². The smallest absolute Gasteiger partial charge is 0.152 e. The summed E-state index contributed by atoms with van der Waals surface area (Å²) in [6, 6.07) is 17.7. The zero-order chi connectivity index (χ0) is 22.8. The largest absolute Gasteiger partial charge is 0.505 e. The Morgan fingerprint density at radius 1 is 0.656 bits per heavy atom. The molecule has 0 aliphatic carbocycles. The number of hydrogen-bond acceptors (Lipinski definition) is 10. The minimum Gasteiger partial charge on any atom is -0.505 e. The summed E-state index contributed by atoms with van der Waals surface area (Å²) >= 11 is 17.6. The van der Waals surface area contributed by atoms with Gasteiger partial charge in [-0.2, -0.15) is 10.2 Å². The van der Waals surface area contributed by atoms with Crippen molar-refractivity contribution in [2.24, 2.45) is 20.5 Å². The second-order valence-corrected chi connectivity index (χ2v) is 8.71. The SMILES string of the molecule is Nc1ccc2c(O)c(N=Nc3ccc(N=Nc4ccc(S)cc4)cc3S)c(S)cc2c1S. The number of nitrogens with two attached hydrogens (primary N) is 1. The first kappa shape index (κ1) is 22.5. The molecule has 4 aromatic rings. The van der Waals surface area contributed by atoms with Crippen molar-refractivity contribution in [1.29, 1.82) is 0 Å². The van der Waals surface area contributed by atoms with Crippen LogP contribution < -0.4 is 5.73 Å². The van der Waals surface area contributed by atoms with Crippen molar-refractivity contribution in [2.75, 3.05) is 5.73 Å². The van der Waals surface area contributed by atoms with Gasteiger partial charge in [0, 0.05) is 36.0 Å². The molecule has 0 amide bonds. The number of nitrogens with zero attached hydrogens (tertiary/aromatic N) is 4. The summed E-state index contributed by atoms with van der Waals surface area (Å²) in [5.74, 6) is -0.0510. The lowest BCUT2D eigenvalue weighted by atomic mass is 10.1. The Hall–Kier alpha value is -2.66. The molecule has 4 rings (SSSR count). The van der Waals surface area contributed by atoms with Crippen molar-refractivity contribution in [2.45, 2.75) is 19.6 Å². The molecule has 0 unspecified atom stereocenters. The van der Waals surface area contributed by atoms with Crippen LogP contribution >= 0.6 is 50.5 Å². The average molecular weight is 496 g/mol. The molecule has 3 N–H and O–H groups in total. The predicted molar refractivity (Wildman–Crippen MR) is 140 cm³/mol. The topological polar surface area (TPSA) is 95.7 Å². The Balaban J connectivity index is 1.62. The van der Waals surface area contributed by atoms with Gasteiger partial charge in [0.15, 0.2) is 5.75 Å². The highest BCUT2D eigenvalue weighted by molar-refractivity contribution is 7.81. The summed E-state index contributed by atoms with van der Waals surface area (Å²) in [6.07, 6.45) is 0. The van der Waals surface area contributed by atoms with E-state index >= 15 is 0 Å². The van der Waals surface area contributed by atoms with Gasteiger partial charge in [0.05, 0.1) is 17.1 Å². The maximum atomic E-state index is 10.7. The molecule has 0 radical (unpaired) electrons. The van der Waals surface area contributed by atoms with Gasteiger partial charge >= 0.3 is 0 Å². The molecule has 32 heavy (non-hydrogen) atoms. The molecule has 160 valence electrons. The molecule has 0 saturated heterocycles. The standard InChI is InChI=1S/C22H17N5OS4/c23-16-7-6-14-15(22(16)32)10-19(31)20(21(14)28)27-26-17-8-3-12(9-18(17)30)25-24-11-1-4-13(29)5-2-11/h1-10,28-32H,23H2. The van der Waals surface area contributed by atoms with Crippen LogP contribution in [0.3, 0.4) is 0 Å². The Labute approximate surface area is 206 Å². The number of hydrogen-bond donors (Lipinski definition) is 6. The number of thiol groups is 4. The lowest BCUT2D eigenvalue weighted by Crippen LogP contribution is -1.88. The fourth-order valence-electron chi connectivity index (χ4n) is 2.93. The number of phenols is 1. The molecule has 0 spiro atoms. The van der Waals surface area contributed by atoms with Crippen LogP contribution in [0.1, 0.15) is 0 Å². The number of benzene rings is 4. The summed E-state index contributed by atoms with van der Waals surface area (Å²) in [5, 5.41) is 28.8. The van der Waals surface area contributed by atoms with E-state index in [9.17, 15) is 5.11 Å². The van der Waals surface area contributed by atoms with Crippen LogP contribution in [0.25, 0.3) is 10.8 Å². The molecule has 0 atom stereocenters. The number of aromatic hydroxyl groups is 1. The van der Waals surface area contributed by atoms with Crippen LogP contribution in [0, 0.1) is 0 Å². The van der Waals surface area contributed by atoms with Crippen LogP contribution in [-0.4, -0.2) is 5.11 Å². The van der Waals surface area contributed by atoms with Crippen molar-refractivity contribution in [3.05, 3.63) is 60.7 Å². The quantitative estimate of drug-likeness (QED) is 0.0979. The van der Waals surface area contributed by atoms with E-state index in [1.54, 1.807) is 36.4 Å². The fourth-order valence-corrected chi connectivity index (χ4v) is 3.87. The highest BCUT2D eigenvalue weighted by atomic mass is 32.1. The molecule has 0 heterocycles. The van der Waals surface area contributed by atoms with E-state index in [4.69, 9.17) is 5.73 Å². The molecule has 10 heteroatoms. The predicted octanol–water partition coefficient (Wildman–Crippen LogP) is 8.11. The third-order valence-electron chi connectivity index (χ3n) is 4.60. The molecule has 0 aliphatic heterocycles. The van der Waals surface area contributed by atoms with Crippen LogP contribution in [0.4, 0.5) is 28.4 Å². The van der Waals surface area contributed by atoms with E-state index in [-0.39, 0.29) is 11.4 Å². The summed E-state index contributed by atoms with van der Waals surface area (Å²) in [4.78, 5) is 2.43. The molecule has 6 nitrogen and oxygen atoms in total. The summed E-state index contributed by atoms with van der Waals surface area (Å²) < 4.78 is 0. The van der Waals surface area contributed by atoms with E-state index in [1.807, 2.05) is 24.3 Å². The Morgan fingerprint density at radius 2 is 1.34 bits per heavy atom. The Bertz CT molecular complexity index is 1390. The third-order valence-corrected chi connectivity index (χ3v) is 6.10. The molecule has 0 bridgehead atoms. The first-order chi connectivity index (χ1) is 15.3. The van der Waals surface area contributed by atoms with Crippen molar-refractivity contribution in [1.82, 2.24) is 0 Å². The first-order valence-corrected chi connectivity index (χ1v) is 11.0. The number of fused-ring (bicyclic) bond motifs is 1. The van der Waals surface area contributed by atoms with Gasteiger partial charge in [0.2, 0.25) is 0 Å². The Morgan fingerprint density at radius 3 is 2.06 bits per heavy atom. The van der Waals surface area contributed by atoms with Crippen LogP contribution in [0.5, 0.6) is 5.75 Å². The summed E-state index contributed by atoms with van der Waals surface area (Å²) in [5.41, 5.74) is 8.48. The number of anilines is 1. The van der Waals surface area contributed by atoms with Gasteiger partial charge in [-0.1, -0.05) is 0 Å². The first-order valence-electron chi connectivity index (χ1n) is 9.25. The molecule has 0 saturated carbocycles. The van der Waals surface area contributed by atoms with Gasteiger partial charge in [-0.3, -0.25) is 0 Å². The van der Waals surface area contributed by atoms with Gasteiger partial charge in [-0.25, -0.2) is 0 Å². The zero-order valence-electron chi connectivity index (χ0n) is 16.4. The van der Waals surface area contributed by atoms with Gasteiger partial charge in [0.25, 0.3) is 0 Å². The normalized spacial score (nSPS) is 11.8. The molecule has 0 fully saturated rings. The lowest BCUT2D eigenvalue weighted by molar-refractivity contribution is 0.481. The van der Waals surface area contributed by atoms with Crippen LogP contribution in [0.2, 0.25) is 0 Å². The highest BCUT2D eigenvalue weighted by Crippen LogP contribution is 2.44. The number of rotatable bonds is 4. The van der Waals surface area contributed by atoms with Crippen LogP contribution in [0.15, 0.2) is 101 Å². The average Bonchev–Trinajstić information content (AvgIpc) is 2.77. The molecule has 4 aromatic carbocycles. The van der Waals surface area contributed by atoms with E-state index in [0.717, 1.165) is 4.90 Å². The number of nitrogen functional groups attached to an aromatic ring is 1. The highest BCUT2D eigenvalue weighted by Gasteiger charge is 2.14. The minimum absolute atomic E-state index is 0.0510. The zero-order valence-corrected chi connectivity index (χ0v) is 20.0. The monoisotopic (exact) mass is 495 g/mol. The number of phenolic OH excluding ortho intramolecular Hbond substituents is 1. The molecule has 0 aliphatic rings. The van der Waals surface area contributed by atoms with Crippen molar-refractivity contribution < 1.29 is 5.11 Å². The fraction of sp³-hybridized carbons (Fsp3) is 0. The summed E-state index contributed by atoms with van der Waals surface area (Å²) in [7, 11) is 0. The van der Waals surface area contributed by atoms with Crippen molar-refractivity contribution in [3.8, 4) is 5.75 Å². The van der Waals surface area contributed by atoms with Crippen molar-refractivity contribution >= 4 is 89.7 Å². The molecular weight excluding hydrogens is 479 g/mol. The van der Waals surface area contributed by atoms with Gasteiger partial charge < -0.3 is 10.8 Å². The van der Waals surface area contributed by atoms with Crippen molar-refractivity contribution in [3.63, 3.8) is 0 Å². The van der Waals surface area contributed by atoms with E-state index in [0.29, 0.717) is 48.2 Å². The van der Waals surface area contributed by atoms with E-state index in [2.05, 4.69) is 71.0 Å². The van der Waals surface area contributed by atoms with E-state index in [1.165, 1.54) is 0 Å². The Kier molecular flexibility index (Phi) is 6.66. The molecule has 0 aromatic heterocycles. The lowest BCUT2D eigenvalue weighted by Gasteiger charge is -2.10. The third kappa shape index (κ3) is 4.73. The molecular formula is C22H17N5OS4. The second-order valence-electron chi connectivity index (χ2n) is 6.78. The maximum absolute atomic E-state index is 10.7. The maximum Gasteiger partial charge on any atom is 0.152 e. The minimum atomic E-state index is -0.0510. The van der Waals surface area contributed by atoms with Gasteiger partial charge in [0.1, 0.15) is 5.69 Å². The van der Waals surface area contributed by atoms with E-state index < -0.39 is 0 Å². The second kappa shape index (κ2) is 9.45. The van der Waals surface area contributed by atoms with Gasteiger partial charge in [-0.05, 0) is 60.7 Å². The number of azo groups is 2. The van der Waals surface area contributed by atoms with Crippen LogP contribution in [-0.2, 0) is 0 Å². The summed E-state index contributed by atoms with van der Waals surface area (Å²) in [6.45, 7) is 0.